The van der Waals surface area contributed by atoms with Crippen molar-refractivity contribution in [3.8, 4) is 0 Å². The number of H-pyrrole nitrogens is 1. The van der Waals surface area contributed by atoms with Crippen molar-refractivity contribution in [2.75, 3.05) is 7.11 Å². The summed E-state index contributed by atoms with van der Waals surface area (Å²) in [6.45, 7) is 0. The van der Waals surface area contributed by atoms with Gasteiger partial charge in [0.05, 0.1) is 12.8 Å². The number of hydrogen-bond donors (Lipinski definition) is 1. The number of nitrogens with one attached hydrogen (secondary N) is 1. The minimum atomic E-state index is -0.416. The van der Waals surface area contributed by atoms with Crippen LogP contribution in [0.15, 0.2) is 36.4 Å². The zero-order valence-corrected chi connectivity index (χ0v) is 10.3. The summed E-state index contributed by atoms with van der Waals surface area (Å²) in [6, 6.07) is 9.83. The van der Waals surface area contributed by atoms with Crippen LogP contribution >= 0.6 is 0 Å². The Morgan fingerprint density at radius 2 is 2.11 bits per heavy atom. The number of nitrogens with zero attached hydrogens (tertiary/aromatic N) is 2. The molecule has 2 heterocycles. The van der Waals surface area contributed by atoms with E-state index < -0.39 is 5.97 Å². The Balaban J connectivity index is 2.11. The van der Waals surface area contributed by atoms with Gasteiger partial charge in [-0.25, -0.2) is 4.79 Å². The van der Waals surface area contributed by atoms with Gasteiger partial charge in [-0.3, -0.25) is 0 Å². The molecule has 3 rings (SSSR count). The highest BCUT2D eigenvalue weighted by atomic mass is 16.5. The first-order chi connectivity index (χ1) is 9.28. The normalized spacial score (nSPS) is 11.4. The lowest BCUT2D eigenvalue weighted by atomic mass is 10.2. The van der Waals surface area contributed by atoms with E-state index in [0.717, 1.165) is 21.9 Å². The van der Waals surface area contributed by atoms with Crippen LogP contribution in [0.4, 0.5) is 0 Å². The van der Waals surface area contributed by atoms with Gasteiger partial charge in [-0.15, -0.1) is 10.2 Å². The van der Waals surface area contributed by atoms with Crippen molar-refractivity contribution in [2.45, 2.75) is 0 Å². The molecule has 5 heteroatoms. The number of benzene rings is 1. The quantitative estimate of drug-likeness (QED) is 0.562. The minimum absolute atomic E-state index is 0.416. The molecule has 0 aliphatic heterocycles. The lowest BCUT2D eigenvalue weighted by Crippen LogP contribution is -1.94. The number of carbonyl (C=O) groups is 1. The van der Waals surface area contributed by atoms with Gasteiger partial charge in [-0.2, -0.15) is 0 Å². The highest BCUT2D eigenvalue weighted by Gasteiger charge is 2.05. The summed E-state index contributed by atoms with van der Waals surface area (Å²) in [7, 11) is 1.33. The fraction of sp³-hybridized carbons (Fsp3) is 0.0714. The van der Waals surface area contributed by atoms with E-state index in [2.05, 4.69) is 19.9 Å². The molecule has 0 atom stereocenters. The monoisotopic (exact) mass is 253 g/mol. The van der Waals surface area contributed by atoms with Crippen LogP contribution in [0.5, 0.6) is 0 Å². The predicted molar refractivity (Wildman–Crippen MR) is 72.4 cm³/mol. The molecule has 0 amide bonds. The first-order valence-corrected chi connectivity index (χ1v) is 5.78. The van der Waals surface area contributed by atoms with Gasteiger partial charge < -0.3 is 9.72 Å². The van der Waals surface area contributed by atoms with Crippen molar-refractivity contribution in [1.82, 2.24) is 15.2 Å². The number of aromatic nitrogens is 3. The second kappa shape index (κ2) is 4.53. The van der Waals surface area contributed by atoms with Gasteiger partial charge in [0.2, 0.25) is 0 Å². The second-order valence-electron chi connectivity index (χ2n) is 4.06. The van der Waals surface area contributed by atoms with E-state index in [0.29, 0.717) is 5.69 Å². The molecule has 0 saturated carbocycles. The molecule has 5 nitrogen and oxygen atoms in total. The zero-order chi connectivity index (χ0) is 13.2. The van der Waals surface area contributed by atoms with Gasteiger partial charge in [0, 0.05) is 22.4 Å². The number of esters is 1. The summed E-state index contributed by atoms with van der Waals surface area (Å²) in [5, 5.41) is 10.2. The van der Waals surface area contributed by atoms with Crippen LogP contribution in [0.25, 0.3) is 28.0 Å². The van der Waals surface area contributed by atoms with Crippen LogP contribution in [-0.2, 0) is 9.53 Å². The Kier molecular flexibility index (Phi) is 2.72. The number of carbonyl (C=O) groups excluding carboxylic acids is 1. The molecule has 94 valence electrons. The number of para-hydroxylation sites is 1. The molecular formula is C14H11N3O2. The third-order valence-electron chi connectivity index (χ3n) is 2.87. The summed E-state index contributed by atoms with van der Waals surface area (Å²) in [6.07, 6.45) is 2.91. The second-order valence-corrected chi connectivity index (χ2v) is 4.06. The van der Waals surface area contributed by atoms with E-state index in [4.69, 9.17) is 0 Å². The molecule has 3 aromatic rings. The summed E-state index contributed by atoms with van der Waals surface area (Å²) in [5.41, 5.74) is 2.36. The van der Waals surface area contributed by atoms with Gasteiger partial charge in [0.25, 0.3) is 0 Å². The van der Waals surface area contributed by atoms with Gasteiger partial charge in [-0.05, 0) is 18.2 Å². The van der Waals surface area contributed by atoms with Crippen LogP contribution in [0.1, 0.15) is 5.69 Å². The van der Waals surface area contributed by atoms with Gasteiger partial charge >= 0.3 is 5.97 Å². The van der Waals surface area contributed by atoms with E-state index in [1.807, 2.05) is 30.3 Å². The van der Waals surface area contributed by atoms with E-state index in [9.17, 15) is 4.79 Å². The van der Waals surface area contributed by atoms with Crippen molar-refractivity contribution < 1.29 is 9.53 Å². The molecule has 1 N–H and O–H groups in total. The Labute approximate surface area is 108 Å². The lowest BCUT2D eigenvalue weighted by molar-refractivity contribution is -0.134. The number of ether oxygens (including phenoxy) is 1. The molecular weight excluding hydrogens is 242 g/mol. The van der Waals surface area contributed by atoms with Crippen LogP contribution < -0.4 is 0 Å². The fourth-order valence-electron chi connectivity index (χ4n) is 1.96. The molecule has 19 heavy (non-hydrogen) atoms. The number of methoxy groups -OCH3 is 1. The van der Waals surface area contributed by atoms with E-state index in [-0.39, 0.29) is 0 Å². The van der Waals surface area contributed by atoms with Gasteiger partial charge in [0.15, 0.2) is 5.65 Å². The lowest BCUT2D eigenvalue weighted by Gasteiger charge is -1.93. The highest BCUT2D eigenvalue weighted by Crippen LogP contribution is 2.23. The molecule has 1 aromatic carbocycles. The molecule has 0 unspecified atom stereocenters. The number of rotatable bonds is 2. The standard InChI is InChI=1S/C14H11N3O2/c1-19-13(18)7-6-9-8-11-10-4-2-3-5-12(10)15-14(11)17-16-9/h2-8H,1H3,(H,15,17)/b7-6+. The number of fused-ring (bicyclic) bond motifs is 3. The Bertz CT molecular complexity index is 790. The molecule has 0 saturated heterocycles. The largest absolute Gasteiger partial charge is 0.466 e. The van der Waals surface area contributed by atoms with E-state index in [1.54, 1.807) is 6.08 Å². The van der Waals surface area contributed by atoms with Crippen LogP contribution in [0, 0.1) is 0 Å². The summed E-state index contributed by atoms with van der Waals surface area (Å²) >= 11 is 0. The van der Waals surface area contributed by atoms with E-state index >= 15 is 0 Å². The van der Waals surface area contributed by atoms with Gasteiger partial charge in [-0.1, -0.05) is 18.2 Å². The van der Waals surface area contributed by atoms with Crippen molar-refractivity contribution in [3.63, 3.8) is 0 Å². The highest BCUT2D eigenvalue weighted by molar-refractivity contribution is 6.06. The van der Waals surface area contributed by atoms with Crippen LogP contribution in [0.3, 0.4) is 0 Å². The number of aromatic amines is 1. The molecule has 2 aromatic heterocycles. The van der Waals surface area contributed by atoms with Crippen molar-refractivity contribution in [3.05, 3.63) is 42.1 Å². The zero-order valence-electron chi connectivity index (χ0n) is 10.3. The summed E-state index contributed by atoms with van der Waals surface area (Å²) in [4.78, 5) is 14.2. The Morgan fingerprint density at radius 3 is 2.95 bits per heavy atom. The fourth-order valence-corrected chi connectivity index (χ4v) is 1.96. The van der Waals surface area contributed by atoms with Crippen molar-refractivity contribution >= 4 is 34.0 Å². The van der Waals surface area contributed by atoms with Crippen LogP contribution in [-0.4, -0.2) is 28.3 Å². The molecule has 0 radical (unpaired) electrons. The maximum atomic E-state index is 11.0. The topological polar surface area (TPSA) is 67.9 Å². The Morgan fingerprint density at radius 1 is 1.26 bits per heavy atom. The summed E-state index contributed by atoms with van der Waals surface area (Å²) < 4.78 is 4.53. The summed E-state index contributed by atoms with van der Waals surface area (Å²) in [5.74, 6) is -0.416. The maximum absolute atomic E-state index is 11.0. The first kappa shape index (κ1) is 11.4. The van der Waals surface area contributed by atoms with Crippen molar-refractivity contribution in [2.24, 2.45) is 0 Å². The Hall–Kier alpha value is -2.69. The molecule has 0 bridgehead atoms. The minimum Gasteiger partial charge on any atom is -0.466 e. The molecule has 0 aliphatic carbocycles. The van der Waals surface area contributed by atoms with E-state index in [1.165, 1.54) is 13.2 Å². The third kappa shape index (κ3) is 2.06. The molecule has 0 aliphatic rings. The SMILES string of the molecule is COC(=O)/C=C/c1cc2c(nn1)[nH]c1ccccc12. The number of hydrogen-bond acceptors (Lipinski definition) is 4. The van der Waals surface area contributed by atoms with Gasteiger partial charge in [0.1, 0.15) is 0 Å². The first-order valence-electron chi connectivity index (χ1n) is 5.78. The van der Waals surface area contributed by atoms with Crippen molar-refractivity contribution in [1.29, 1.82) is 0 Å². The smallest absolute Gasteiger partial charge is 0.330 e. The third-order valence-corrected chi connectivity index (χ3v) is 2.87. The molecule has 0 fully saturated rings. The predicted octanol–water partition coefficient (Wildman–Crippen LogP) is 2.30. The average molecular weight is 253 g/mol. The van der Waals surface area contributed by atoms with Crippen LogP contribution in [0.2, 0.25) is 0 Å². The maximum Gasteiger partial charge on any atom is 0.330 e. The molecule has 0 spiro atoms. The average Bonchev–Trinajstić information content (AvgIpc) is 2.82.